The van der Waals surface area contributed by atoms with E-state index in [4.69, 9.17) is 5.11 Å². The number of hydrogen-bond acceptors (Lipinski definition) is 6. The molecule has 6 rings (SSSR count). The van der Waals surface area contributed by atoms with E-state index in [9.17, 15) is 39.9 Å². The fourth-order valence-corrected chi connectivity index (χ4v) is 5.44. The number of halogens is 1. The lowest BCUT2D eigenvalue weighted by Gasteiger charge is -2.17. The minimum atomic E-state index is -1.33. The lowest BCUT2D eigenvalue weighted by molar-refractivity contribution is 0.0682. The Balaban J connectivity index is 0.000000253. The highest BCUT2D eigenvalue weighted by molar-refractivity contribution is 14.0. The van der Waals surface area contributed by atoms with E-state index in [2.05, 4.69) is 0 Å². The summed E-state index contributed by atoms with van der Waals surface area (Å²) in [4.78, 5) is 34.4. The summed E-state index contributed by atoms with van der Waals surface area (Å²) < 4.78 is 0. The van der Waals surface area contributed by atoms with Crippen molar-refractivity contribution in [1.29, 1.82) is 0 Å². The Morgan fingerprint density at radius 3 is 1.24 bits per heavy atom. The van der Waals surface area contributed by atoms with Crippen molar-refractivity contribution in [1.82, 2.24) is 0 Å². The molecular weight excluding hydrogens is 703 g/mol. The lowest BCUT2D eigenvalue weighted by Crippen LogP contribution is -2.02. The van der Waals surface area contributed by atoms with Gasteiger partial charge in [-0.3, -0.25) is 0 Å². The lowest BCUT2D eigenvalue weighted by atomic mass is 9.88. The Morgan fingerprint density at radius 1 is 0.457 bits per heavy atom. The highest BCUT2D eigenvalue weighted by Crippen LogP contribution is 2.47. The third-order valence-electron chi connectivity index (χ3n) is 7.59. The molecule has 9 nitrogen and oxygen atoms in total. The van der Waals surface area contributed by atoms with E-state index in [1.54, 1.807) is 36.4 Å². The van der Waals surface area contributed by atoms with Gasteiger partial charge in [-0.15, -0.1) is 24.0 Å². The van der Waals surface area contributed by atoms with Crippen LogP contribution >= 0.6 is 24.0 Å². The van der Waals surface area contributed by atoms with Crippen LogP contribution in [0.25, 0.3) is 43.4 Å². The quantitative estimate of drug-likeness (QED) is 0.0976. The van der Waals surface area contributed by atoms with Gasteiger partial charge in [-0.05, 0) is 77.4 Å². The Bertz CT molecular complexity index is 2110. The molecule has 0 aliphatic heterocycles. The molecule has 0 amide bonds. The molecule has 0 aliphatic carbocycles. The third kappa shape index (κ3) is 6.24. The third-order valence-corrected chi connectivity index (χ3v) is 7.59. The normalized spacial score (nSPS) is 10.7. The van der Waals surface area contributed by atoms with E-state index in [1.807, 2.05) is 39.0 Å². The molecule has 0 aromatic heterocycles. The summed E-state index contributed by atoms with van der Waals surface area (Å²) in [6, 6.07) is 22.0. The predicted molar refractivity (Wildman–Crippen MR) is 186 cm³/mol. The van der Waals surface area contributed by atoms with Gasteiger partial charge >= 0.3 is 17.9 Å². The van der Waals surface area contributed by atoms with E-state index in [-0.39, 0.29) is 57.5 Å². The van der Waals surface area contributed by atoms with Gasteiger partial charge in [-0.25, -0.2) is 14.4 Å². The van der Waals surface area contributed by atoms with Gasteiger partial charge in [0.05, 0.1) is 0 Å². The number of aromatic hydroxyl groups is 3. The van der Waals surface area contributed by atoms with Crippen molar-refractivity contribution in [3.8, 4) is 28.4 Å². The van der Waals surface area contributed by atoms with Crippen LogP contribution in [0.4, 0.5) is 0 Å². The average molecular weight is 733 g/mol. The van der Waals surface area contributed by atoms with Crippen molar-refractivity contribution < 1.29 is 45.0 Å². The van der Waals surface area contributed by atoms with Crippen LogP contribution in [-0.4, -0.2) is 48.5 Å². The van der Waals surface area contributed by atoms with Crippen LogP contribution in [0.5, 0.6) is 17.2 Å². The second-order valence-corrected chi connectivity index (χ2v) is 10.9. The summed E-state index contributed by atoms with van der Waals surface area (Å²) in [6.07, 6.45) is 0. The molecule has 0 unspecified atom stereocenters. The van der Waals surface area contributed by atoms with Gasteiger partial charge in [0, 0.05) is 11.1 Å². The van der Waals surface area contributed by atoms with Crippen LogP contribution in [-0.2, 0) is 0 Å². The number of carboxylic acids is 3. The molecule has 0 spiro atoms. The minimum Gasteiger partial charge on any atom is -0.507 e. The number of fused-ring (bicyclic) bond motifs is 3. The zero-order valence-electron chi connectivity index (χ0n) is 24.8. The molecule has 0 saturated heterocycles. The van der Waals surface area contributed by atoms with Crippen molar-refractivity contribution in [2.75, 3.05) is 0 Å². The first-order chi connectivity index (χ1) is 21.3. The molecule has 6 aromatic rings. The zero-order valence-corrected chi connectivity index (χ0v) is 27.2. The second kappa shape index (κ2) is 12.9. The van der Waals surface area contributed by atoms with Crippen LogP contribution in [0.2, 0.25) is 0 Å². The molecule has 0 saturated carbocycles. The summed E-state index contributed by atoms with van der Waals surface area (Å²) in [5.41, 5.74) is 2.28. The largest absolute Gasteiger partial charge is 0.507 e. The van der Waals surface area contributed by atoms with Crippen LogP contribution in [0, 0.1) is 20.8 Å². The van der Waals surface area contributed by atoms with Crippen LogP contribution in [0.1, 0.15) is 47.8 Å². The van der Waals surface area contributed by atoms with Crippen LogP contribution in [0.15, 0.2) is 78.9 Å². The number of phenols is 3. The molecule has 234 valence electrons. The molecule has 0 aliphatic rings. The number of benzene rings is 6. The molecule has 46 heavy (non-hydrogen) atoms. The van der Waals surface area contributed by atoms with Gasteiger partial charge in [-0.1, -0.05) is 71.3 Å². The maximum atomic E-state index is 11.8. The zero-order chi connectivity index (χ0) is 32.7. The van der Waals surface area contributed by atoms with Gasteiger partial charge in [0.25, 0.3) is 0 Å². The number of aromatic carboxylic acids is 3. The number of aryl methyl sites for hydroxylation is 3. The number of hydrogen-bond donors (Lipinski definition) is 6. The molecular formula is C36H29IO9. The standard InChI is InChI=1S/C24H18O6.C12H10O3.HI/c1-11-3-5-15-13(7-11)9-17(23(27)28)21(25)19(15)20-16-6-4-12(2)8-14(16)10-18(22(20)26)24(29)30;1-7-2-3-8-6-11(13)10(12(14)15)5-9(8)4-7;/h3-10,25-26H,1-2H3,(H,27,28)(H,29,30);2-6,13H,1H3,(H,14,15);1H. The topological polar surface area (TPSA) is 173 Å². The van der Waals surface area contributed by atoms with Crippen molar-refractivity contribution >= 4 is 74.2 Å². The van der Waals surface area contributed by atoms with Crippen molar-refractivity contribution in [2.45, 2.75) is 20.8 Å². The maximum absolute atomic E-state index is 11.8. The number of carbonyl (C=O) groups is 3. The summed E-state index contributed by atoms with van der Waals surface area (Å²) in [5.74, 6) is -5.02. The van der Waals surface area contributed by atoms with Gasteiger partial charge in [0.2, 0.25) is 0 Å². The average Bonchev–Trinajstić information content (AvgIpc) is 2.97. The Labute approximate surface area is 279 Å². The number of carboxylic acid groups (broad SMARTS) is 3. The minimum absolute atomic E-state index is 0. The Kier molecular flexibility index (Phi) is 9.43. The molecule has 0 bridgehead atoms. The molecule has 10 heteroatoms. The van der Waals surface area contributed by atoms with E-state index >= 15 is 0 Å². The van der Waals surface area contributed by atoms with Crippen molar-refractivity contribution in [3.05, 3.63) is 112 Å². The van der Waals surface area contributed by atoms with E-state index < -0.39 is 29.4 Å². The van der Waals surface area contributed by atoms with Gasteiger partial charge in [0.15, 0.2) is 0 Å². The van der Waals surface area contributed by atoms with Gasteiger partial charge in [-0.2, -0.15) is 0 Å². The van der Waals surface area contributed by atoms with E-state index in [0.717, 1.165) is 27.5 Å². The summed E-state index contributed by atoms with van der Waals surface area (Å²) in [6.45, 7) is 5.65. The molecule has 0 heterocycles. The first-order valence-electron chi connectivity index (χ1n) is 13.7. The fourth-order valence-electron chi connectivity index (χ4n) is 5.44. The first-order valence-corrected chi connectivity index (χ1v) is 13.7. The van der Waals surface area contributed by atoms with Gasteiger partial charge in [0.1, 0.15) is 33.9 Å². The fraction of sp³-hybridized carbons (Fsp3) is 0.0833. The second-order valence-electron chi connectivity index (χ2n) is 10.9. The predicted octanol–water partition coefficient (Wildman–Crippen LogP) is 8.25. The molecule has 0 atom stereocenters. The highest BCUT2D eigenvalue weighted by atomic mass is 127. The van der Waals surface area contributed by atoms with E-state index in [0.29, 0.717) is 21.5 Å². The smallest absolute Gasteiger partial charge is 0.339 e. The van der Waals surface area contributed by atoms with Crippen molar-refractivity contribution in [2.24, 2.45) is 0 Å². The van der Waals surface area contributed by atoms with Crippen molar-refractivity contribution in [3.63, 3.8) is 0 Å². The Hall–Kier alpha value is -5.36. The SMILES string of the molecule is Cc1ccc2c(-c3c(O)c(C(=O)O)cc4cc(C)ccc34)c(O)c(C(=O)O)cc2c1.Cc1ccc2cc(O)c(C(=O)O)cc2c1.I. The summed E-state index contributed by atoms with van der Waals surface area (Å²) in [5, 5.41) is 63.1. The first kappa shape index (κ1) is 33.5. The van der Waals surface area contributed by atoms with Crippen LogP contribution < -0.4 is 0 Å². The maximum Gasteiger partial charge on any atom is 0.339 e. The molecule has 6 N–H and O–H groups in total. The summed E-state index contributed by atoms with van der Waals surface area (Å²) >= 11 is 0. The number of rotatable bonds is 4. The molecule has 0 fully saturated rings. The summed E-state index contributed by atoms with van der Waals surface area (Å²) in [7, 11) is 0. The Morgan fingerprint density at radius 2 is 0.826 bits per heavy atom. The molecule has 6 aromatic carbocycles. The van der Waals surface area contributed by atoms with E-state index in [1.165, 1.54) is 24.3 Å². The molecule has 0 radical (unpaired) electrons. The monoisotopic (exact) mass is 732 g/mol. The van der Waals surface area contributed by atoms with Crippen LogP contribution in [0.3, 0.4) is 0 Å². The highest BCUT2D eigenvalue weighted by Gasteiger charge is 2.25. The van der Waals surface area contributed by atoms with Gasteiger partial charge < -0.3 is 30.6 Å².